The molecule has 5 aromatic rings. The fraction of sp³-hybridized carbons (Fsp3) is 0.111. The van der Waals surface area contributed by atoms with E-state index in [-0.39, 0.29) is 5.75 Å². The second kappa shape index (κ2) is 7.80. The summed E-state index contributed by atoms with van der Waals surface area (Å²) in [5, 5.41) is 11.7. The topological polar surface area (TPSA) is 61.1 Å². The van der Waals surface area contributed by atoms with Gasteiger partial charge in [0, 0.05) is 27.5 Å². The number of phenols is 1. The first-order chi connectivity index (χ1) is 15.8. The molecule has 1 saturated heterocycles. The van der Waals surface area contributed by atoms with E-state index in [2.05, 4.69) is 0 Å². The smallest absolute Gasteiger partial charge is 0.191 e. The summed E-state index contributed by atoms with van der Waals surface area (Å²) in [6, 6.07) is 30.5. The lowest BCUT2D eigenvalue weighted by Gasteiger charge is -2.36. The fourth-order valence-corrected chi connectivity index (χ4v) is 4.15. The highest BCUT2D eigenvalue weighted by atomic mass is 16.9. The van der Waals surface area contributed by atoms with Crippen molar-refractivity contribution in [3.05, 3.63) is 114 Å². The largest absolute Gasteiger partial charge is 0.508 e. The zero-order valence-electron chi connectivity index (χ0n) is 17.0. The van der Waals surface area contributed by atoms with Gasteiger partial charge in [-0.1, -0.05) is 72.8 Å². The predicted molar refractivity (Wildman–Crippen MR) is 120 cm³/mol. The highest BCUT2D eigenvalue weighted by Crippen LogP contribution is 2.45. The Balaban J connectivity index is 1.48. The van der Waals surface area contributed by atoms with Gasteiger partial charge in [-0.25, -0.2) is 0 Å². The number of furan rings is 1. The molecule has 2 heterocycles. The number of aromatic hydroxyl groups is 1. The molecule has 1 fully saturated rings. The van der Waals surface area contributed by atoms with E-state index in [1.165, 1.54) is 0 Å². The van der Waals surface area contributed by atoms with Gasteiger partial charge in [-0.2, -0.15) is 0 Å². The number of benzene rings is 4. The quantitative estimate of drug-likeness (QED) is 0.347. The van der Waals surface area contributed by atoms with Crippen LogP contribution < -0.4 is 0 Å². The zero-order valence-corrected chi connectivity index (χ0v) is 17.0. The number of fused-ring (bicyclic) bond motifs is 3. The first kappa shape index (κ1) is 19.1. The van der Waals surface area contributed by atoms with Gasteiger partial charge in [0.2, 0.25) is 0 Å². The van der Waals surface area contributed by atoms with E-state index in [0.717, 1.165) is 27.5 Å². The lowest BCUT2D eigenvalue weighted by Crippen LogP contribution is -2.27. The average molecular weight is 424 g/mol. The van der Waals surface area contributed by atoms with E-state index < -0.39 is 18.9 Å². The molecule has 0 aliphatic carbocycles. The van der Waals surface area contributed by atoms with Gasteiger partial charge in [-0.05, 0) is 24.3 Å². The summed E-state index contributed by atoms with van der Waals surface area (Å²) in [6.45, 7) is 0. The highest BCUT2D eigenvalue weighted by Gasteiger charge is 2.35. The SMILES string of the molecule is Oc1ccc2oc3cccc(C4OC(c5ccccc5)OC(c5ccccc5)O4)c3c2c1. The first-order valence-electron chi connectivity index (χ1n) is 10.5. The third kappa shape index (κ3) is 3.33. The van der Waals surface area contributed by atoms with Gasteiger partial charge >= 0.3 is 0 Å². The summed E-state index contributed by atoms with van der Waals surface area (Å²) in [5.41, 5.74) is 4.02. The molecule has 5 nitrogen and oxygen atoms in total. The van der Waals surface area contributed by atoms with E-state index in [9.17, 15) is 5.11 Å². The van der Waals surface area contributed by atoms with E-state index in [1.54, 1.807) is 18.2 Å². The van der Waals surface area contributed by atoms with Gasteiger partial charge in [0.15, 0.2) is 18.9 Å². The Morgan fingerprint density at radius 3 is 1.84 bits per heavy atom. The van der Waals surface area contributed by atoms with Gasteiger partial charge in [0.25, 0.3) is 0 Å². The van der Waals surface area contributed by atoms with Crippen LogP contribution in [0.2, 0.25) is 0 Å². The molecule has 1 N–H and O–H groups in total. The number of rotatable bonds is 3. The second-order valence-corrected chi connectivity index (χ2v) is 7.73. The molecule has 5 heteroatoms. The summed E-state index contributed by atoms with van der Waals surface area (Å²) >= 11 is 0. The van der Waals surface area contributed by atoms with E-state index in [0.29, 0.717) is 11.2 Å². The average Bonchev–Trinajstić information content (AvgIpc) is 3.23. The Hall–Kier alpha value is -3.64. The third-order valence-electron chi connectivity index (χ3n) is 5.65. The van der Waals surface area contributed by atoms with Crippen LogP contribution in [0.3, 0.4) is 0 Å². The maximum atomic E-state index is 10.1. The van der Waals surface area contributed by atoms with Crippen molar-refractivity contribution >= 4 is 21.9 Å². The van der Waals surface area contributed by atoms with E-state index >= 15 is 0 Å². The maximum Gasteiger partial charge on any atom is 0.191 e. The summed E-state index contributed by atoms with van der Waals surface area (Å²) in [5.74, 6) is 0.174. The fourth-order valence-electron chi connectivity index (χ4n) is 4.15. The van der Waals surface area contributed by atoms with Crippen LogP contribution in [-0.2, 0) is 14.2 Å². The van der Waals surface area contributed by atoms with Gasteiger partial charge in [0.1, 0.15) is 16.9 Å². The molecule has 2 atom stereocenters. The van der Waals surface area contributed by atoms with Gasteiger partial charge < -0.3 is 23.7 Å². The van der Waals surface area contributed by atoms with Crippen LogP contribution in [-0.4, -0.2) is 5.11 Å². The van der Waals surface area contributed by atoms with Crippen molar-refractivity contribution in [2.75, 3.05) is 0 Å². The van der Waals surface area contributed by atoms with E-state index in [4.69, 9.17) is 18.6 Å². The molecule has 0 radical (unpaired) electrons. The van der Waals surface area contributed by atoms with Crippen molar-refractivity contribution in [1.29, 1.82) is 0 Å². The number of phenolic OH excluding ortho intramolecular Hbond substituents is 1. The minimum absolute atomic E-state index is 0.174. The molecule has 0 spiro atoms. The summed E-state index contributed by atoms with van der Waals surface area (Å²) in [4.78, 5) is 0. The minimum Gasteiger partial charge on any atom is -0.508 e. The first-order valence-corrected chi connectivity index (χ1v) is 10.5. The van der Waals surface area contributed by atoms with Crippen LogP contribution in [0.5, 0.6) is 5.75 Å². The summed E-state index contributed by atoms with van der Waals surface area (Å²) in [6.07, 6.45) is -1.92. The molecule has 1 aliphatic rings. The normalized spacial score (nSPS) is 21.2. The zero-order chi connectivity index (χ0) is 21.5. The molecule has 0 amide bonds. The lowest BCUT2D eigenvalue weighted by atomic mass is 10.1. The van der Waals surface area contributed by atoms with Gasteiger partial charge in [-0.15, -0.1) is 0 Å². The van der Waals surface area contributed by atoms with Crippen molar-refractivity contribution < 1.29 is 23.7 Å². The van der Waals surface area contributed by atoms with Crippen molar-refractivity contribution in [3.8, 4) is 5.75 Å². The molecular formula is C27H20O5. The van der Waals surface area contributed by atoms with Crippen molar-refractivity contribution in [2.45, 2.75) is 18.9 Å². The highest BCUT2D eigenvalue weighted by molar-refractivity contribution is 6.07. The van der Waals surface area contributed by atoms with Crippen LogP contribution in [0.15, 0.2) is 101 Å². The summed E-state index contributed by atoms with van der Waals surface area (Å²) in [7, 11) is 0. The molecule has 0 saturated carbocycles. The molecule has 0 bridgehead atoms. The van der Waals surface area contributed by atoms with Crippen molar-refractivity contribution in [1.82, 2.24) is 0 Å². The van der Waals surface area contributed by atoms with Crippen LogP contribution in [0.1, 0.15) is 35.6 Å². The minimum atomic E-state index is -0.703. The van der Waals surface area contributed by atoms with E-state index in [1.807, 2.05) is 78.9 Å². The molecule has 1 aliphatic heterocycles. The third-order valence-corrected chi connectivity index (χ3v) is 5.65. The maximum absolute atomic E-state index is 10.1. The number of hydrogen-bond donors (Lipinski definition) is 1. The molecule has 4 aromatic carbocycles. The van der Waals surface area contributed by atoms with Crippen LogP contribution in [0, 0.1) is 0 Å². The molecule has 1 aromatic heterocycles. The Bertz CT molecular complexity index is 1330. The molecule has 2 unspecified atom stereocenters. The Kier molecular flexibility index (Phi) is 4.65. The van der Waals surface area contributed by atoms with Crippen molar-refractivity contribution in [2.24, 2.45) is 0 Å². The molecule has 158 valence electrons. The Morgan fingerprint density at radius 1 is 0.562 bits per heavy atom. The monoisotopic (exact) mass is 424 g/mol. The summed E-state index contributed by atoms with van der Waals surface area (Å²) < 4.78 is 24.8. The molecular weight excluding hydrogens is 404 g/mol. The molecule has 6 rings (SSSR count). The second-order valence-electron chi connectivity index (χ2n) is 7.73. The number of ether oxygens (including phenoxy) is 3. The Morgan fingerprint density at radius 2 is 1.19 bits per heavy atom. The predicted octanol–water partition coefficient (Wildman–Crippen LogP) is 6.75. The van der Waals surface area contributed by atoms with Gasteiger partial charge in [-0.3, -0.25) is 0 Å². The van der Waals surface area contributed by atoms with Crippen LogP contribution >= 0.6 is 0 Å². The van der Waals surface area contributed by atoms with Gasteiger partial charge in [0.05, 0.1) is 0 Å². The van der Waals surface area contributed by atoms with Crippen LogP contribution in [0.4, 0.5) is 0 Å². The standard InChI is InChI=1S/C27H20O5/c28-19-14-15-22-21(16-19)24-20(12-7-13-23(24)29-22)27-31-25(17-8-3-1-4-9-17)30-26(32-27)18-10-5-2-6-11-18/h1-16,25-28H. The lowest BCUT2D eigenvalue weighted by molar-refractivity contribution is -0.396. The molecule has 32 heavy (non-hydrogen) atoms. The number of hydrogen-bond acceptors (Lipinski definition) is 5. The van der Waals surface area contributed by atoms with Crippen LogP contribution in [0.25, 0.3) is 21.9 Å². The van der Waals surface area contributed by atoms with Crippen molar-refractivity contribution in [3.63, 3.8) is 0 Å². The Labute approximate surface area is 184 Å².